The highest BCUT2D eigenvalue weighted by molar-refractivity contribution is 5.82. The van der Waals surface area contributed by atoms with Crippen LogP contribution in [0.2, 0.25) is 0 Å². The third kappa shape index (κ3) is 4.37. The number of benzene rings is 1. The monoisotopic (exact) mass is 399 g/mol. The van der Waals surface area contributed by atoms with E-state index in [9.17, 15) is 14.7 Å². The van der Waals surface area contributed by atoms with Crippen molar-refractivity contribution in [3.63, 3.8) is 0 Å². The van der Waals surface area contributed by atoms with Crippen molar-refractivity contribution in [2.75, 3.05) is 20.8 Å². The zero-order valence-electron chi connectivity index (χ0n) is 16.0. The van der Waals surface area contributed by atoms with Crippen LogP contribution in [0.15, 0.2) is 51.5 Å². The van der Waals surface area contributed by atoms with E-state index < -0.39 is 17.1 Å². The van der Waals surface area contributed by atoms with Gasteiger partial charge in [0.1, 0.15) is 17.1 Å². The van der Waals surface area contributed by atoms with E-state index in [0.717, 1.165) is 17.5 Å². The molecule has 1 aromatic carbocycles. The number of rotatable bonds is 8. The lowest BCUT2D eigenvalue weighted by atomic mass is 10.2. The summed E-state index contributed by atoms with van der Waals surface area (Å²) < 4.78 is 13.3. The highest BCUT2D eigenvalue weighted by Gasteiger charge is 2.18. The van der Waals surface area contributed by atoms with Crippen molar-refractivity contribution < 1.29 is 14.6 Å². The van der Waals surface area contributed by atoms with Gasteiger partial charge in [0, 0.05) is 37.8 Å². The van der Waals surface area contributed by atoms with Crippen molar-refractivity contribution in [1.82, 2.24) is 19.1 Å². The lowest BCUT2D eigenvalue weighted by Crippen LogP contribution is -2.31. The Morgan fingerprint density at radius 1 is 1.28 bits per heavy atom. The number of hydrogen-bond donors (Lipinski definition) is 2. The zero-order valence-corrected chi connectivity index (χ0v) is 16.0. The maximum Gasteiger partial charge on any atom is 0.335 e. The van der Waals surface area contributed by atoms with Crippen LogP contribution in [0.25, 0.3) is 5.69 Å². The lowest BCUT2D eigenvalue weighted by Gasteiger charge is -2.14. The first-order chi connectivity index (χ1) is 14.0. The van der Waals surface area contributed by atoms with Crippen LogP contribution in [-0.4, -0.2) is 51.2 Å². The van der Waals surface area contributed by atoms with Gasteiger partial charge in [0.25, 0.3) is 5.56 Å². The first-order valence-electron chi connectivity index (χ1n) is 8.81. The van der Waals surface area contributed by atoms with Crippen molar-refractivity contribution in [2.45, 2.75) is 13.0 Å². The van der Waals surface area contributed by atoms with Crippen molar-refractivity contribution in [2.24, 2.45) is 4.99 Å². The van der Waals surface area contributed by atoms with E-state index >= 15 is 0 Å². The summed E-state index contributed by atoms with van der Waals surface area (Å²) in [6, 6.07) is 4.76. The molecule has 10 nitrogen and oxygen atoms in total. The van der Waals surface area contributed by atoms with Gasteiger partial charge in [-0.05, 0) is 18.6 Å². The number of methoxy groups -OCH3 is 2. The number of nitrogens with one attached hydrogen (secondary N) is 1. The summed E-state index contributed by atoms with van der Waals surface area (Å²) in [5, 5.41) is 10.6. The molecule has 2 N–H and O–H groups in total. The van der Waals surface area contributed by atoms with Crippen LogP contribution in [0.1, 0.15) is 12.0 Å². The smallest absolute Gasteiger partial charge is 0.335 e. The van der Waals surface area contributed by atoms with Crippen LogP contribution < -0.4 is 20.7 Å². The van der Waals surface area contributed by atoms with Crippen molar-refractivity contribution in [3.8, 4) is 23.1 Å². The van der Waals surface area contributed by atoms with Crippen LogP contribution >= 0.6 is 0 Å². The number of hydrogen-bond acceptors (Lipinski definition) is 7. The number of aryl methyl sites for hydroxylation is 1. The molecular formula is C19H21N5O5. The second-order valence-electron chi connectivity index (χ2n) is 6.06. The fourth-order valence-electron chi connectivity index (χ4n) is 2.77. The van der Waals surface area contributed by atoms with Crippen LogP contribution in [0, 0.1) is 0 Å². The maximum absolute atomic E-state index is 12.4. The number of nitrogens with zero attached hydrogens (tertiary/aromatic N) is 4. The molecule has 0 bridgehead atoms. The Labute approximate surface area is 165 Å². The predicted octanol–water partition coefficient (Wildman–Crippen LogP) is 0.954. The van der Waals surface area contributed by atoms with E-state index in [1.165, 1.54) is 26.5 Å². The lowest BCUT2D eigenvalue weighted by molar-refractivity contribution is 0.393. The number of imidazole rings is 1. The molecule has 0 amide bonds. The number of H-pyrrole nitrogens is 1. The molecule has 0 fully saturated rings. The molecule has 0 aliphatic heterocycles. The summed E-state index contributed by atoms with van der Waals surface area (Å²) in [5.41, 5.74) is -1.45. The Balaban J connectivity index is 1.92. The zero-order chi connectivity index (χ0) is 20.8. The van der Waals surface area contributed by atoms with Gasteiger partial charge in [-0.3, -0.25) is 14.8 Å². The van der Waals surface area contributed by atoms with E-state index in [4.69, 9.17) is 9.47 Å². The Kier molecular flexibility index (Phi) is 6.12. The van der Waals surface area contributed by atoms with E-state index in [1.54, 1.807) is 24.7 Å². The summed E-state index contributed by atoms with van der Waals surface area (Å²) in [5.74, 6) is 0.232. The third-order valence-electron chi connectivity index (χ3n) is 4.23. The fourth-order valence-corrected chi connectivity index (χ4v) is 2.77. The molecule has 0 atom stereocenters. The van der Waals surface area contributed by atoms with Crippen LogP contribution in [0.4, 0.5) is 0 Å². The van der Waals surface area contributed by atoms with E-state index in [-0.39, 0.29) is 11.3 Å². The minimum atomic E-state index is -0.809. The van der Waals surface area contributed by atoms with Gasteiger partial charge in [-0.15, -0.1) is 0 Å². The highest BCUT2D eigenvalue weighted by atomic mass is 16.5. The van der Waals surface area contributed by atoms with Gasteiger partial charge in [-0.25, -0.2) is 14.3 Å². The Hall–Kier alpha value is -3.82. The summed E-state index contributed by atoms with van der Waals surface area (Å²) in [6.45, 7) is 1.15. The average molecular weight is 399 g/mol. The first-order valence-corrected chi connectivity index (χ1v) is 8.81. The highest BCUT2D eigenvalue weighted by Crippen LogP contribution is 2.29. The van der Waals surface area contributed by atoms with Crippen molar-refractivity contribution >= 4 is 6.21 Å². The van der Waals surface area contributed by atoms with Gasteiger partial charge in [-0.2, -0.15) is 0 Å². The molecule has 0 saturated carbocycles. The number of aliphatic imine (C=N–C) groups is 1. The molecule has 0 spiro atoms. The quantitative estimate of drug-likeness (QED) is 0.429. The first kappa shape index (κ1) is 19.9. The van der Waals surface area contributed by atoms with Crippen LogP contribution in [0.3, 0.4) is 0 Å². The average Bonchev–Trinajstić information content (AvgIpc) is 3.23. The Morgan fingerprint density at radius 3 is 2.79 bits per heavy atom. The summed E-state index contributed by atoms with van der Waals surface area (Å²) >= 11 is 0. The second kappa shape index (κ2) is 8.91. The Morgan fingerprint density at radius 2 is 2.10 bits per heavy atom. The van der Waals surface area contributed by atoms with E-state index in [2.05, 4.69) is 15.0 Å². The molecule has 0 unspecified atom stereocenters. The minimum absolute atomic E-state index is 0.128. The van der Waals surface area contributed by atoms with Gasteiger partial charge in [0.2, 0.25) is 5.88 Å². The van der Waals surface area contributed by atoms with Crippen molar-refractivity contribution in [1.29, 1.82) is 0 Å². The van der Waals surface area contributed by atoms with Gasteiger partial charge < -0.3 is 19.1 Å². The van der Waals surface area contributed by atoms with Gasteiger partial charge in [-0.1, -0.05) is 0 Å². The molecule has 3 aromatic rings. The molecule has 152 valence electrons. The van der Waals surface area contributed by atoms with Crippen LogP contribution in [-0.2, 0) is 6.54 Å². The topological polar surface area (TPSA) is 124 Å². The van der Waals surface area contributed by atoms with E-state index in [0.29, 0.717) is 18.0 Å². The van der Waals surface area contributed by atoms with Gasteiger partial charge in [0.05, 0.1) is 26.2 Å². The molecule has 0 aliphatic carbocycles. The molecule has 10 heteroatoms. The predicted molar refractivity (Wildman–Crippen MR) is 107 cm³/mol. The second-order valence-corrected chi connectivity index (χ2v) is 6.06. The SMILES string of the molecule is COc1ccc(OC)c(-n2c(O)c(C=NCCCn3ccnc3)c(=O)[nH]c2=O)c1. The summed E-state index contributed by atoms with van der Waals surface area (Å²) in [4.78, 5) is 34.9. The van der Waals surface area contributed by atoms with E-state index in [1.807, 2.05) is 10.8 Å². The number of aromatic nitrogens is 4. The molecule has 0 radical (unpaired) electrons. The summed E-state index contributed by atoms with van der Waals surface area (Å²) in [6.07, 6.45) is 7.21. The minimum Gasteiger partial charge on any atom is -0.497 e. The molecule has 3 rings (SSSR count). The van der Waals surface area contributed by atoms with Gasteiger partial charge >= 0.3 is 5.69 Å². The molecular weight excluding hydrogens is 378 g/mol. The molecule has 2 aromatic heterocycles. The number of aromatic amines is 1. The number of ether oxygens (including phenoxy) is 2. The van der Waals surface area contributed by atoms with Gasteiger partial charge in [0.15, 0.2) is 0 Å². The largest absolute Gasteiger partial charge is 0.497 e. The molecule has 2 heterocycles. The summed E-state index contributed by atoms with van der Waals surface area (Å²) in [7, 11) is 2.91. The van der Waals surface area contributed by atoms with Crippen LogP contribution in [0.5, 0.6) is 17.4 Å². The molecule has 0 aliphatic rings. The molecule has 29 heavy (non-hydrogen) atoms. The fraction of sp³-hybridized carbons (Fsp3) is 0.263. The third-order valence-corrected chi connectivity index (χ3v) is 4.23. The normalized spacial score (nSPS) is 11.1. The van der Waals surface area contributed by atoms with Crippen molar-refractivity contribution in [3.05, 3.63) is 63.3 Å². The number of aromatic hydroxyl groups is 1. The maximum atomic E-state index is 12.4. The molecule has 0 saturated heterocycles. The Bertz CT molecular complexity index is 1120. The standard InChI is InChI=1S/C19H21N5O5/c1-28-13-4-5-16(29-2)15(10-13)24-18(26)14(17(25)22-19(24)27)11-20-6-3-8-23-9-7-21-12-23/h4-5,7,9-12,26H,3,6,8H2,1-2H3,(H,22,25,27).